The number of halogens is 3. The number of fused-ring (bicyclic) bond motifs is 3. The first-order valence-corrected chi connectivity index (χ1v) is 10.7. The molecule has 0 radical (unpaired) electrons. The van der Waals surface area contributed by atoms with Crippen LogP contribution in [0.5, 0.6) is 0 Å². The number of benzene rings is 2. The molecule has 1 atom stereocenters. The molecule has 7 nitrogen and oxygen atoms in total. The molecule has 2 N–H and O–H groups in total. The van der Waals surface area contributed by atoms with Crippen LogP contribution in [0.4, 0.5) is 18.0 Å². The SMILES string of the molecule is CCCN(CC(=O)O)C(=O)C(C)(NC(=O)OCC1c2ccccc2-c2ccccc21)C(F)(F)F. The van der Waals surface area contributed by atoms with Crippen LogP contribution >= 0.6 is 0 Å². The van der Waals surface area contributed by atoms with E-state index in [4.69, 9.17) is 9.84 Å². The van der Waals surface area contributed by atoms with E-state index in [2.05, 4.69) is 0 Å². The predicted octanol–water partition coefficient (Wildman–Crippen LogP) is 4.17. The number of rotatable bonds is 8. The van der Waals surface area contributed by atoms with Gasteiger partial charge >= 0.3 is 18.2 Å². The molecule has 3 rings (SSSR count). The maximum atomic E-state index is 13.9. The zero-order valence-corrected chi connectivity index (χ0v) is 18.7. The lowest BCUT2D eigenvalue weighted by molar-refractivity contribution is -0.200. The molecule has 2 aromatic carbocycles. The van der Waals surface area contributed by atoms with Crippen molar-refractivity contribution < 1.29 is 37.4 Å². The third kappa shape index (κ3) is 4.85. The van der Waals surface area contributed by atoms with Crippen LogP contribution in [-0.4, -0.2) is 59.4 Å². The van der Waals surface area contributed by atoms with Gasteiger partial charge in [0.2, 0.25) is 5.54 Å². The number of alkyl halides is 3. The summed E-state index contributed by atoms with van der Waals surface area (Å²) in [5.74, 6) is -3.42. The first-order chi connectivity index (χ1) is 16.0. The van der Waals surface area contributed by atoms with Gasteiger partial charge in [-0.1, -0.05) is 55.5 Å². The molecule has 0 aliphatic heterocycles. The summed E-state index contributed by atoms with van der Waals surface area (Å²) in [6.07, 6.45) is -6.39. The second-order valence-corrected chi connectivity index (χ2v) is 8.19. The first-order valence-electron chi connectivity index (χ1n) is 10.7. The van der Waals surface area contributed by atoms with Gasteiger partial charge in [-0.25, -0.2) is 4.79 Å². The molecule has 2 aromatic rings. The number of carbonyl (C=O) groups excluding carboxylic acids is 2. The molecule has 2 amide bonds. The lowest BCUT2D eigenvalue weighted by Crippen LogP contribution is -2.66. The van der Waals surface area contributed by atoms with Crippen molar-refractivity contribution in [2.45, 2.75) is 37.9 Å². The fourth-order valence-electron chi connectivity index (χ4n) is 4.09. The molecule has 0 heterocycles. The molecule has 1 unspecified atom stereocenters. The molecule has 0 saturated carbocycles. The minimum Gasteiger partial charge on any atom is -0.480 e. The zero-order valence-electron chi connectivity index (χ0n) is 18.7. The average molecular weight is 478 g/mol. The molecule has 182 valence electrons. The van der Waals surface area contributed by atoms with E-state index >= 15 is 0 Å². The van der Waals surface area contributed by atoms with Crippen LogP contribution in [0.25, 0.3) is 11.1 Å². The summed E-state index contributed by atoms with van der Waals surface area (Å²) in [6, 6.07) is 14.9. The lowest BCUT2D eigenvalue weighted by atomic mass is 9.98. The average Bonchev–Trinajstić information content (AvgIpc) is 3.09. The molecular formula is C24H25F3N2O5. The van der Waals surface area contributed by atoms with Crippen LogP contribution < -0.4 is 5.32 Å². The van der Waals surface area contributed by atoms with Crippen LogP contribution in [0.1, 0.15) is 37.3 Å². The molecule has 1 aliphatic rings. The summed E-state index contributed by atoms with van der Waals surface area (Å²) >= 11 is 0. The number of aliphatic carboxylic acids is 1. The van der Waals surface area contributed by atoms with Gasteiger partial charge in [0, 0.05) is 12.5 Å². The smallest absolute Gasteiger partial charge is 0.420 e. The monoisotopic (exact) mass is 478 g/mol. The quantitative estimate of drug-likeness (QED) is 0.594. The predicted molar refractivity (Wildman–Crippen MR) is 117 cm³/mol. The van der Waals surface area contributed by atoms with Crippen molar-refractivity contribution in [1.82, 2.24) is 10.2 Å². The Labute approximate surface area is 194 Å². The maximum Gasteiger partial charge on any atom is 0.420 e. The summed E-state index contributed by atoms with van der Waals surface area (Å²) in [4.78, 5) is 36.8. The van der Waals surface area contributed by atoms with Crippen LogP contribution in [-0.2, 0) is 14.3 Å². The number of hydrogen-bond acceptors (Lipinski definition) is 4. The normalized spacial score (nSPS) is 14.5. The number of amides is 2. The summed E-state index contributed by atoms with van der Waals surface area (Å²) in [5.41, 5.74) is 0.293. The van der Waals surface area contributed by atoms with E-state index in [-0.39, 0.29) is 25.5 Å². The molecule has 0 bridgehead atoms. The van der Waals surface area contributed by atoms with E-state index in [1.54, 1.807) is 12.2 Å². The number of carboxylic acids is 1. The third-order valence-corrected chi connectivity index (χ3v) is 5.80. The van der Waals surface area contributed by atoms with E-state index in [1.807, 2.05) is 48.5 Å². The second kappa shape index (κ2) is 9.74. The zero-order chi connectivity index (χ0) is 25.1. The van der Waals surface area contributed by atoms with Gasteiger partial charge < -0.3 is 14.7 Å². The summed E-state index contributed by atoms with van der Waals surface area (Å²) < 4.78 is 46.9. The van der Waals surface area contributed by atoms with Crippen molar-refractivity contribution >= 4 is 18.0 Å². The van der Waals surface area contributed by atoms with E-state index < -0.39 is 36.2 Å². The Morgan fingerprint density at radius 2 is 1.56 bits per heavy atom. The Bertz CT molecular complexity index is 1040. The third-order valence-electron chi connectivity index (χ3n) is 5.80. The number of carbonyl (C=O) groups is 3. The Morgan fingerprint density at radius 1 is 1.03 bits per heavy atom. The van der Waals surface area contributed by atoms with Gasteiger partial charge in [0.05, 0.1) is 0 Å². The highest BCUT2D eigenvalue weighted by Crippen LogP contribution is 2.44. The van der Waals surface area contributed by atoms with Gasteiger partial charge in [0.25, 0.3) is 5.91 Å². The molecule has 0 spiro atoms. The van der Waals surface area contributed by atoms with Crippen molar-refractivity contribution in [2.24, 2.45) is 0 Å². The molecule has 0 fully saturated rings. The molecule has 10 heteroatoms. The standard InChI is InChI=1S/C24H25F3N2O5/c1-3-12-29(13-20(30)31)21(32)23(2,24(25,26)27)28-22(33)34-14-19-17-10-6-4-8-15(17)16-9-5-7-11-18(16)19/h4-11,19H,3,12-14H2,1-2H3,(H,28,33)(H,30,31). The number of nitrogens with one attached hydrogen (secondary N) is 1. The molecule has 1 aliphatic carbocycles. The van der Waals surface area contributed by atoms with E-state index in [1.165, 1.54) is 0 Å². The highest BCUT2D eigenvalue weighted by molar-refractivity contribution is 5.92. The fraction of sp³-hybridized carbons (Fsp3) is 0.375. The first kappa shape index (κ1) is 25.1. The largest absolute Gasteiger partial charge is 0.480 e. The minimum absolute atomic E-state index is 0.219. The van der Waals surface area contributed by atoms with Crippen LogP contribution in [0, 0.1) is 0 Å². The summed E-state index contributed by atoms with van der Waals surface area (Å²) in [6.45, 7) is 0.705. The highest BCUT2D eigenvalue weighted by Gasteiger charge is 2.59. The van der Waals surface area contributed by atoms with Crippen LogP contribution in [0.2, 0.25) is 0 Å². The molecule has 0 aromatic heterocycles. The molecule has 34 heavy (non-hydrogen) atoms. The lowest BCUT2D eigenvalue weighted by Gasteiger charge is -2.35. The number of hydrogen-bond donors (Lipinski definition) is 2. The van der Waals surface area contributed by atoms with Crippen molar-refractivity contribution in [2.75, 3.05) is 19.7 Å². The fourth-order valence-corrected chi connectivity index (χ4v) is 4.09. The number of carboxylic acid groups (broad SMARTS) is 1. The topological polar surface area (TPSA) is 95.9 Å². The minimum atomic E-state index is -5.19. The Kier molecular flexibility index (Phi) is 7.18. The Balaban J connectivity index is 1.79. The Morgan fingerprint density at radius 3 is 2.03 bits per heavy atom. The molecule has 0 saturated heterocycles. The number of alkyl carbamates (subject to hydrolysis) is 1. The van der Waals surface area contributed by atoms with Gasteiger partial charge in [-0.05, 0) is 35.6 Å². The van der Waals surface area contributed by atoms with Gasteiger partial charge in [0.1, 0.15) is 13.2 Å². The number of ether oxygens (including phenoxy) is 1. The van der Waals surface area contributed by atoms with E-state index in [0.717, 1.165) is 22.3 Å². The van der Waals surface area contributed by atoms with Crippen LogP contribution in [0.15, 0.2) is 48.5 Å². The van der Waals surface area contributed by atoms with E-state index in [0.29, 0.717) is 11.8 Å². The van der Waals surface area contributed by atoms with Gasteiger partial charge in [-0.2, -0.15) is 13.2 Å². The van der Waals surface area contributed by atoms with Gasteiger partial charge in [-0.15, -0.1) is 0 Å². The maximum absolute atomic E-state index is 13.9. The number of nitrogens with zero attached hydrogens (tertiary/aromatic N) is 1. The summed E-state index contributed by atoms with van der Waals surface area (Å²) in [7, 11) is 0. The van der Waals surface area contributed by atoms with Crippen molar-refractivity contribution in [3.63, 3.8) is 0 Å². The van der Waals surface area contributed by atoms with Crippen LogP contribution in [0.3, 0.4) is 0 Å². The summed E-state index contributed by atoms with van der Waals surface area (Å²) in [5, 5.41) is 10.6. The molecular weight excluding hydrogens is 453 g/mol. The second-order valence-electron chi connectivity index (χ2n) is 8.19. The Hall–Kier alpha value is -3.56. The van der Waals surface area contributed by atoms with Gasteiger partial charge in [-0.3, -0.25) is 14.9 Å². The van der Waals surface area contributed by atoms with Crippen molar-refractivity contribution in [3.8, 4) is 11.1 Å². The van der Waals surface area contributed by atoms with E-state index in [9.17, 15) is 27.6 Å². The highest BCUT2D eigenvalue weighted by atomic mass is 19.4. The van der Waals surface area contributed by atoms with Crippen molar-refractivity contribution in [3.05, 3.63) is 59.7 Å². The van der Waals surface area contributed by atoms with Crippen molar-refractivity contribution in [1.29, 1.82) is 0 Å². The van der Waals surface area contributed by atoms with Gasteiger partial charge in [0.15, 0.2) is 0 Å².